The lowest BCUT2D eigenvalue weighted by Crippen LogP contribution is -1.95. The highest BCUT2D eigenvalue weighted by Crippen LogP contribution is 2.36. The van der Waals surface area contributed by atoms with Crippen molar-refractivity contribution in [2.45, 2.75) is 6.92 Å². The summed E-state index contributed by atoms with van der Waals surface area (Å²) in [7, 11) is 3.28. The molecule has 0 aliphatic carbocycles. The highest BCUT2D eigenvalue weighted by atomic mass is 16.5. The third-order valence-corrected chi connectivity index (χ3v) is 4.02. The number of benzene rings is 1. The van der Waals surface area contributed by atoms with E-state index in [-0.39, 0.29) is 0 Å². The van der Waals surface area contributed by atoms with Crippen LogP contribution in [0.2, 0.25) is 0 Å². The molecule has 3 aromatic heterocycles. The molecular formula is C17H16N4O2. The number of ether oxygens (including phenoxy) is 2. The third kappa shape index (κ3) is 1.95. The molecule has 3 heterocycles. The molecule has 23 heavy (non-hydrogen) atoms. The zero-order valence-corrected chi connectivity index (χ0v) is 13.1. The van der Waals surface area contributed by atoms with E-state index >= 15 is 0 Å². The number of nitrogens with one attached hydrogen (secondary N) is 1. The molecule has 0 saturated carbocycles. The lowest BCUT2D eigenvalue weighted by Gasteiger charge is -2.10. The fourth-order valence-corrected chi connectivity index (χ4v) is 2.93. The Morgan fingerprint density at radius 1 is 1.13 bits per heavy atom. The summed E-state index contributed by atoms with van der Waals surface area (Å²) in [5, 5.41) is 0. The topological polar surface area (TPSA) is 64.4 Å². The number of hydrogen-bond donors (Lipinski definition) is 1. The van der Waals surface area contributed by atoms with Crippen LogP contribution in [0.1, 0.15) is 5.69 Å². The number of rotatable bonds is 3. The Bertz CT molecular complexity index is 1020. The van der Waals surface area contributed by atoms with E-state index in [2.05, 4.69) is 15.0 Å². The second-order valence-corrected chi connectivity index (χ2v) is 5.29. The standard InChI is InChI=1S/C17H16N4O2/c1-10-16-15(12-5-4-11(22-2)8-14(12)23-3)19-9-21(16)13-6-7-18-17(13)20-10/h4-9,18H,1-3H3. The maximum absolute atomic E-state index is 5.52. The zero-order chi connectivity index (χ0) is 16.0. The highest BCUT2D eigenvalue weighted by Gasteiger charge is 2.17. The minimum absolute atomic E-state index is 0.721. The quantitative estimate of drug-likeness (QED) is 0.631. The summed E-state index contributed by atoms with van der Waals surface area (Å²) in [5.41, 5.74) is 5.48. The molecule has 4 rings (SSSR count). The van der Waals surface area contributed by atoms with Gasteiger partial charge >= 0.3 is 0 Å². The van der Waals surface area contributed by atoms with Gasteiger partial charge in [0.2, 0.25) is 0 Å². The maximum Gasteiger partial charge on any atom is 0.154 e. The first kappa shape index (κ1) is 13.6. The first-order valence-corrected chi connectivity index (χ1v) is 7.26. The molecule has 0 unspecified atom stereocenters. The molecule has 6 heteroatoms. The minimum atomic E-state index is 0.721. The fraction of sp³-hybridized carbons (Fsp3) is 0.176. The molecule has 0 atom stereocenters. The van der Waals surface area contributed by atoms with Crippen LogP contribution in [0.5, 0.6) is 11.5 Å². The molecule has 6 nitrogen and oxygen atoms in total. The van der Waals surface area contributed by atoms with Crippen molar-refractivity contribution in [1.29, 1.82) is 0 Å². The number of aromatic amines is 1. The van der Waals surface area contributed by atoms with Gasteiger partial charge in [-0.2, -0.15) is 0 Å². The summed E-state index contributed by atoms with van der Waals surface area (Å²) in [5.74, 6) is 1.47. The highest BCUT2D eigenvalue weighted by molar-refractivity contribution is 5.87. The largest absolute Gasteiger partial charge is 0.497 e. The van der Waals surface area contributed by atoms with Crippen LogP contribution in [-0.2, 0) is 0 Å². The predicted octanol–water partition coefficient (Wildman–Crippen LogP) is 3.20. The fourth-order valence-electron chi connectivity index (χ4n) is 2.93. The Morgan fingerprint density at radius 3 is 2.78 bits per heavy atom. The molecule has 0 aliphatic rings. The monoisotopic (exact) mass is 308 g/mol. The summed E-state index contributed by atoms with van der Waals surface area (Å²) < 4.78 is 12.8. The van der Waals surface area contributed by atoms with E-state index < -0.39 is 0 Å². The normalized spacial score (nSPS) is 11.3. The van der Waals surface area contributed by atoms with Crippen LogP contribution in [0.25, 0.3) is 27.9 Å². The molecule has 0 fully saturated rings. The van der Waals surface area contributed by atoms with Gasteiger partial charge in [0.15, 0.2) is 5.65 Å². The van der Waals surface area contributed by atoms with Crippen molar-refractivity contribution < 1.29 is 9.47 Å². The van der Waals surface area contributed by atoms with Crippen molar-refractivity contribution in [2.75, 3.05) is 14.2 Å². The van der Waals surface area contributed by atoms with Gasteiger partial charge in [0.1, 0.15) is 23.5 Å². The third-order valence-electron chi connectivity index (χ3n) is 4.02. The molecule has 0 radical (unpaired) electrons. The SMILES string of the molecule is COc1ccc(-c2ncn3c2c(C)nc2[nH]ccc23)c(OC)c1. The van der Waals surface area contributed by atoms with Gasteiger partial charge in [-0.15, -0.1) is 0 Å². The van der Waals surface area contributed by atoms with Crippen molar-refractivity contribution in [3.8, 4) is 22.8 Å². The average Bonchev–Trinajstić information content (AvgIpc) is 3.20. The van der Waals surface area contributed by atoms with Crippen molar-refractivity contribution >= 4 is 16.7 Å². The summed E-state index contributed by atoms with van der Waals surface area (Å²) in [4.78, 5) is 12.4. The number of fused-ring (bicyclic) bond motifs is 3. The Morgan fingerprint density at radius 2 is 2.00 bits per heavy atom. The van der Waals surface area contributed by atoms with Gasteiger partial charge in [-0.1, -0.05) is 0 Å². The number of methoxy groups -OCH3 is 2. The smallest absolute Gasteiger partial charge is 0.154 e. The molecule has 0 bridgehead atoms. The lowest BCUT2D eigenvalue weighted by molar-refractivity contribution is 0.395. The molecule has 0 amide bonds. The first-order chi connectivity index (χ1) is 11.2. The van der Waals surface area contributed by atoms with E-state index in [1.807, 2.05) is 48.1 Å². The summed E-state index contributed by atoms with van der Waals surface area (Å²) >= 11 is 0. The van der Waals surface area contributed by atoms with Crippen molar-refractivity contribution in [3.05, 3.63) is 42.5 Å². The van der Waals surface area contributed by atoms with Gasteiger partial charge in [0.05, 0.1) is 30.9 Å². The van der Waals surface area contributed by atoms with Crippen molar-refractivity contribution in [2.24, 2.45) is 0 Å². The maximum atomic E-state index is 5.52. The van der Waals surface area contributed by atoms with Gasteiger partial charge in [0, 0.05) is 17.8 Å². The van der Waals surface area contributed by atoms with Crippen LogP contribution in [0, 0.1) is 6.92 Å². The lowest BCUT2D eigenvalue weighted by atomic mass is 10.1. The molecule has 116 valence electrons. The van der Waals surface area contributed by atoms with E-state index in [4.69, 9.17) is 9.47 Å². The first-order valence-electron chi connectivity index (χ1n) is 7.26. The van der Waals surface area contributed by atoms with Crippen LogP contribution in [0.15, 0.2) is 36.8 Å². The van der Waals surface area contributed by atoms with Gasteiger partial charge < -0.3 is 14.5 Å². The van der Waals surface area contributed by atoms with E-state index in [0.29, 0.717) is 0 Å². The second kappa shape index (κ2) is 5.01. The van der Waals surface area contributed by atoms with Crippen LogP contribution >= 0.6 is 0 Å². The molecule has 0 spiro atoms. The predicted molar refractivity (Wildman–Crippen MR) is 88.1 cm³/mol. The Balaban J connectivity index is 2.03. The molecular weight excluding hydrogens is 292 g/mol. The average molecular weight is 308 g/mol. The number of hydrogen-bond acceptors (Lipinski definition) is 4. The second-order valence-electron chi connectivity index (χ2n) is 5.29. The number of imidazole rings is 1. The number of aromatic nitrogens is 4. The Kier molecular flexibility index (Phi) is 2.97. The number of H-pyrrole nitrogens is 1. The van der Waals surface area contributed by atoms with Crippen molar-refractivity contribution in [3.63, 3.8) is 0 Å². The molecule has 0 saturated heterocycles. The van der Waals surface area contributed by atoms with Gasteiger partial charge in [0.25, 0.3) is 0 Å². The Hall–Kier alpha value is -3.02. The summed E-state index contributed by atoms with van der Waals surface area (Å²) in [6, 6.07) is 7.71. The van der Waals surface area contributed by atoms with Crippen molar-refractivity contribution in [1.82, 2.24) is 19.4 Å². The van der Waals surface area contributed by atoms with E-state index in [0.717, 1.165) is 45.1 Å². The zero-order valence-electron chi connectivity index (χ0n) is 13.1. The molecule has 1 aromatic carbocycles. The van der Waals surface area contributed by atoms with Crippen LogP contribution in [-0.4, -0.2) is 33.6 Å². The van der Waals surface area contributed by atoms with E-state index in [9.17, 15) is 0 Å². The van der Waals surface area contributed by atoms with Gasteiger partial charge in [-0.25, -0.2) is 9.97 Å². The van der Waals surface area contributed by atoms with Crippen LogP contribution in [0.4, 0.5) is 0 Å². The number of nitrogens with zero attached hydrogens (tertiary/aromatic N) is 3. The minimum Gasteiger partial charge on any atom is -0.497 e. The van der Waals surface area contributed by atoms with E-state index in [1.54, 1.807) is 14.2 Å². The van der Waals surface area contributed by atoms with Gasteiger partial charge in [-0.05, 0) is 25.1 Å². The number of aryl methyl sites for hydroxylation is 1. The molecule has 0 aliphatic heterocycles. The summed E-state index contributed by atoms with van der Waals surface area (Å²) in [6.07, 6.45) is 3.70. The van der Waals surface area contributed by atoms with Gasteiger partial charge in [-0.3, -0.25) is 4.40 Å². The Labute approximate surface area is 132 Å². The molecule has 1 N–H and O–H groups in total. The summed E-state index contributed by atoms with van der Waals surface area (Å²) in [6.45, 7) is 1.98. The van der Waals surface area contributed by atoms with Crippen LogP contribution in [0.3, 0.4) is 0 Å². The molecule has 4 aromatic rings. The van der Waals surface area contributed by atoms with E-state index in [1.165, 1.54) is 0 Å². The van der Waals surface area contributed by atoms with Crippen LogP contribution < -0.4 is 9.47 Å².